The second kappa shape index (κ2) is 11.4. The summed E-state index contributed by atoms with van der Waals surface area (Å²) in [6, 6.07) is 5.56. The van der Waals surface area contributed by atoms with Gasteiger partial charge in [-0.15, -0.1) is 0 Å². The molecule has 2 fully saturated rings. The van der Waals surface area contributed by atoms with Gasteiger partial charge in [0.25, 0.3) is 0 Å². The zero-order valence-electron chi connectivity index (χ0n) is 21.4. The van der Waals surface area contributed by atoms with Crippen molar-refractivity contribution in [2.45, 2.75) is 56.8 Å². The lowest BCUT2D eigenvalue weighted by atomic mass is 9.74. The molecule has 10 heteroatoms. The lowest BCUT2D eigenvalue weighted by Crippen LogP contribution is -2.44. The largest absolute Gasteiger partial charge is 0.488 e. The van der Waals surface area contributed by atoms with E-state index in [9.17, 15) is 14.3 Å². The van der Waals surface area contributed by atoms with Crippen LogP contribution in [0, 0.1) is 23.4 Å². The first-order valence-electron chi connectivity index (χ1n) is 13.0. The normalized spacial score (nSPS) is 25.0. The van der Waals surface area contributed by atoms with Crippen molar-refractivity contribution in [2.75, 3.05) is 13.2 Å². The number of benzene rings is 1. The first kappa shape index (κ1) is 27.2. The zero-order chi connectivity index (χ0) is 27.7. The number of carbonyl (C=O) groups excluding carboxylic acids is 1. The smallest absolute Gasteiger partial charge is 0.185 e. The Hall–Kier alpha value is -3.34. The molecule has 0 spiro atoms. The molecule has 1 aromatic carbocycles. The number of nitrogens with zero attached hydrogens (tertiary/aromatic N) is 2. The van der Waals surface area contributed by atoms with Crippen molar-refractivity contribution >= 4 is 5.78 Å². The molecule has 0 radical (unpaired) electrons. The molecule has 1 aliphatic carbocycles. The predicted molar refractivity (Wildman–Crippen MR) is 137 cm³/mol. The molecular weight excluding hydrogens is 511 g/mol. The fraction of sp³-hybridized carbons (Fsp3) is 0.414. The lowest BCUT2D eigenvalue weighted by molar-refractivity contribution is 0.0519. The summed E-state index contributed by atoms with van der Waals surface area (Å²) >= 11 is 0. The Morgan fingerprint density at radius 2 is 1.92 bits per heavy atom. The van der Waals surface area contributed by atoms with E-state index in [0.29, 0.717) is 38.0 Å². The van der Waals surface area contributed by atoms with Crippen LogP contribution in [0.1, 0.15) is 53.7 Å². The van der Waals surface area contributed by atoms with Gasteiger partial charge in [-0.3, -0.25) is 9.78 Å². The molecule has 0 unspecified atom stereocenters. The van der Waals surface area contributed by atoms with Crippen LogP contribution in [0.4, 0.5) is 13.2 Å². The van der Waals surface area contributed by atoms with Crippen molar-refractivity contribution in [3.8, 4) is 17.0 Å². The monoisotopic (exact) mass is 541 g/mol. The fourth-order valence-corrected chi connectivity index (χ4v) is 5.49. The van der Waals surface area contributed by atoms with E-state index in [4.69, 9.17) is 15.2 Å². The predicted octanol–water partition coefficient (Wildman–Crippen LogP) is 4.36. The van der Waals surface area contributed by atoms with Crippen LogP contribution in [0.2, 0.25) is 0 Å². The summed E-state index contributed by atoms with van der Waals surface area (Å²) in [5.74, 6) is -3.55. The van der Waals surface area contributed by atoms with Crippen molar-refractivity contribution in [2.24, 2.45) is 11.7 Å². The third-order valence-corrected chi connectivity index (χ3v) is 7.54. The van der Waals surface area contributed by atoms with Crippen molar-refractivity contribution in [1.82, 2.24) is 9.97 Å². The summed E-state index contributed by atoms with van der Waals surface area (Å²) in [6.07, 6.45) is 4.08. The number of rotatable bonds is 7. The number of aromatic nitrogens is 2. The second-order valence-electron chi connectivity index (χ2n) is 10.4. The first-order chi connectivity index (χ1) is 18.7. The Morgan fingerprint density at radius 1 is 1.15 bits per heavy atom. The van der Waals surface area contributed by atoms with E-state index in [1.54, 1.807) is 12.4 Å². The Balaban J connectivity index is 1.39. The average Bonchev–Trinajstić information content (AvgIpc) is 3.41. The summed E-state index contributed by atoms with van der Waals surface area (Å²) < 4.78 is 55.5. The van der Waals surface area contributed by atoms with E-state index in [2.05, 4.69) is 9.97 Å². The van der Waals surface area contributed by atoms with Crippen molar-refractivity contribution in [3.63, 3.8) is 0 Å². The van der Waals surface area contributed by atoms with Crippen LogP contribution >= 0.6 is 0 Å². The van der Waals surface area contributed by atoms with Gasteiger partial charge in [0.15, 0.2) is 5.78 Å². The highest BCUT2D eigenvalue weighted by Gasteiger charge is 2.34. The van der Waals surface area contributed by atoms with Crippen LogP contribution in [0.5, 0.6) is 5.75 Å². The number of halogens is 3. The van der Waals surface area contributed by atoms with Gasteiger partial charge in [-0.2, -0.15) is 0 Å². The molecule has 0 bridgehead atoms. The first-order valence-corrected chi connectivity index (χ1v) is 13.0. The Labute approximate surface area is 224 Å². The van der Waals surface area contributed by atoms with E-state index >= 15 is 8.78 Å². The number of Topliss-reactive ketones (excluding diaryl/α,β-unsaturated/α-hetero) is 1. The number of hydrogen-bond acceptors (Lipinski definition) is 7. The third-order valence-electron chi connectivity index (χ3n) is 7.54. The van der Waals surface area contributed by atoms with Gasteiger partial charge in [-0.25, -0.2) is 18.2 Å². The molecule has 1 saturated carbocycles. The van der Waals surface area contributed by atoms with Crippen LogP contribution in [-0.2, 0) is 11.2 Å². The number of hydrogen-bond donors (Lipinski definition) is 2. The van der Waals surface area contributed by atoms with E-state index in [1.165, 1.54) is 6.07 Å². The molecule has 1 saturated heterocycles. The summed E-state index contributed by atoms with van der Waals surface area (Å²) in [5, 5.41) is 10.2. The van der Waals surface area contributed by atoms with Gasteiger partial charge >= 0.3 is 0 Å². The number of ether oxygens (including phenoxy) is 2. The molecule has 3 heterocycles. The molecule has 2 aliphatic rings. The highest BCUT2D eigenvalue weighted by atomic mass is 19.1. The number of pyridine rings is 2. The van der Waals surface area contributed by atoms with Gasteiger partial charge in [0.1, 0.15) is 40.7 Å². The van der Waals surface area contributed by atoms with Crippen LogP contribution in [0.3, 0.4) is 0 Å². The molecule has 3 N–H and O–H groups in total. The van der Waals surface area contributed by atoms with E-state index in [-0.39, 0.29) is 41.8 Å². The number of carbonyl (C=O) groups is 1. The fourth-order valence-electron chi connectivity index (χ4n) is 5.49. The minimum Gasteiger partial charge on any atom is -0.488 e. The molecule has 1 aliphatic heterocycles. The van der Waals surface area contributed by atoms with Gasteiger partial charge < -0.3 is 20.3 Å². The Kier molecular flexibility index (Phi) is 7.97. The molecule has 206 valence electrons. The SMILES string of the molecule is C[C@H]1C[C@@H](c2ccncc2CC(=O)c2ccc(F)c(-c3c(F)cc(O[C@@H]4CCOC4)cc3F)n2)C[C@@H](N)[C@@H]1O. The molecule has 39 heavy (non-hydrogen) atoms. The molecule has 7 nitrogen and oxygen atoms in total. The summed E-state index contributed by atoms with van der Waals surface area (Å²) in [7, 11) is 0. The average molecular weight is 542 g/mol. The van der Waals surface area contributed by atoms with E-state index in [0.717, 1.165) is 23.8 Å². The maximum absolute atomic E-state index is 15.0. The van der Waals surface area contributed by atoms with Crippen LogP contribution in [-0.4, -0.2) is 52.3 Å². The van der Waals surface area contributed by atoms with Gasteiger partial charge in [0.05, 0.1) is 24.9 Å². The van der Waals surface area contributed by atoms with E-state index in [1.807, 2.05) is 13.0 Å². The van der Waals surface area contributed by atoms with Gasteiger partial charge in [-0.05, 0) is 54.0 Å². The third kappa shape index (κ3) is 5.83. The Morgan fingerprint density at radius 3 is 2.62 bits per heavy atom. The molecular formula is C29H30F3N3O4. The van der Waals surface area contributed by atoms with Crippen molar-refractivity contribution < 1.29 is 32.5 Å². The minimum absolute atomic E-state index is 0.00938. The number of aliphatic hydroxyl groups is 1. The lowest BCUT2D eigenvalue weighted by Gasteiger charge is -2.36. The topological polar surface area (TPSA) is 108 Å². The van der Waals surface area contributed by atoms with Gasteiger partial charge in [0.2, 0.25) is 0 Å². The molecule has 2 aromatic heterocycles. The second-order valence-corrected chi connectivity index (χ2v) is 10.4. The maximum atomic E-state index is 15.0. The number of ketones is 1. The highest BCUT2D eigenvalue weighted by Crippen LogP contribution is 2.37. The summed E-state index contributed by atoms with van der Waals surface area (Å²) in [5.41, 5.74) is 6.30. The van der Waals surface area contributed by atoms with Crippen LogP contribution in [0.25, 0.3) is 11.3 Å². The van der Waals surface area contributed by atoms with Crippen molar-refractivity contribution in [3.05, 3.63) is 77.0 Å². The maximum Gasteiger partial charge on any atom is 0.185 e. The summed E-state index contributed by atoms with van der Waals surface area (Å²) in [6.45, 7) is 2.76. The van der Waals surface area contributed by atoms with Gasteiger partial charge in [0, 0.05) is 43.4 Å². The van der Waals surface area contributed by atoms with Crippen LogP contribution < -0.4 is 10.5 Å². The molecule has 5 rings (SSSR count). The quantitative estimate of drug-likeness (QED) is 0.428. The molecule has 3 aromatic rings. The number of aliphatic hydroxyl groups excluding tert-OH is 1. The van der Waals surface area contributed by atoms with Gasteiger partial charge in [-0.1, -0.05) is 6.92 Å². The van der Waals surface area contributed by atoms with E-state index < -0.39 is 40.6 Å². The standard InChI is InChI=1S/C29H30F3N3O4/c1-15-8-16(9-24(33)29(15)37)20-4-6-34-13-17(20)10-26(36)25-3-2-21(30)28(35-25)27-22(31)11-19(12-23(27)32)39-18-5-7-38-14-18/h2-4,6,11-13,15-16,18,24,29,37H,5,7-10,14,33H2,1H3/t15-,16+,18+,24+,29+/m0/s1. The minimum atomic E-state index is -1.06. The molecule has 5 atom stereocenters. The molecule has 0 amide bonds. The van der Waals surface area contributed by atoms with Crippen LogP contribution in [0.15, 0.2) is 42.7 Å². The number of nitrogens with two attached hydrogens (primary N) is 1. The zero-order valence-corrected chi connectivity index (χ0v) is 21.4. The Bertz CT molecular complexity index is 1330. The summed E-state index contributed by atoms with van der Waals surface area (Å²) in [4.78, 5) is 21.4. The van der Waals surface area contributed by atoms with Crippen molar-refractivity contribution in [1.29, 1.82) is 0 Å². The highest BCUT2D eigenvalue weighted by molar-refractivity contribution is 5.96.